The van der Waals surface area contributed by atoms with Gasteiger partial charge in [-0.3, -0.25) is 4.79 Å². The van der Waals surface area contributed by atoms with Gasteiger partial charge in [0.05, 0.1) is 4.90 Å². The summed E-state index contributed by atoms with van der Waals surface area (Å²) in [6.07, 6.45) is 0.996. The molecule has 2 N–H and O–H groups in total. The monoisotopic (exact) mass is 362 g/mol. The van der Waals surface area contributed by atoms with E-state index in [9.17, 15) is 13.2 Å². The van der Waals surface area contributed by atoms with Crippen LogP contribution in [0.15, 0.2) is 29.2 Å². The predicted octanol–water partition coefficient (Wildman–Crippen LogP) is 1.78. The highest BCUT2D eigenvalue weighted by molar-refractivity contribution is 9.08. The van der Waals surface area contributed by atoms with Crippen LogP contribution in [0.3, 0.4) is 0 Å². The standard InChI is InChI=1S/C13H19BrN2O3S/c1-2-8-15-13(17)7-9-16-20(18,19)12-5-3-11(10-14)4-6-12/h3-6,16H,2,7-10H2,1H3,(H,15,17). The fourth-order valence-electron chi connectivity index (χ4n) is 1.49. The van der Waals surface area contributed by atoms with Crippen LogP contribution < -0.4 is 10.0 Å². The molecular weight excluding hydrogens is 344 g/mol. The first-order valence-electron chi connectivity index (χ1n) is 6.41. The third kappa shape index (κ3) is 5.60. The van der Waals surface area contributed by atoms with Gasteiger partial charge in [-0.25, -0.2) is 13.1 Å². The molecule has 0 bridgehead atoms. The summed E-state index contributed by atoms with van der Waals surface area (Å²) >= 11 is 3.30. The van der Waals surface area contributed by atoms with Crippen LogP contribution in [0.2, 0.25) is 0 Å². The van der Waals surface area contributed by atoms with E-state index in [4.69, 9.17) is 0 Å². The van der Waals surface area contributed by atoms with E-state index >= 15 is 0 Å². The van der Waals surface area contributed by atoms with Gasteiger partial charge in [0.25, 0.3) is 0 Å². The molecule has 0 radical (unpaired) electrons. The smallest absolute Gasteiger partial charge is 0.240 e. The maximum atomic E-state index is 12.0. The lowest BCUT2D eigenvalue weighted by Gasteiger charge is -2.07. The lowest BCUT2D eigenvalue weighted by molar-refractivity contribution is -0.120. The van der Waals surface area contributed by atoms with Crippen LogP contribution >= 0.6 is 15.9 Å². The van der Waals surface area contributed by atoms with Crippen LogP contribution in [0.4, 0.5) is 0 Å². The van der Waals surface area contributed by atoms with Crippen molar-refractivity contribution >= 4 is 31.9 Å². The highest BCUT2D eigenvalue weighted by atomic mass is 79.9. The van der Waals surface area contributed by atoms with Gasteiger partial charge in [-0.05, 0) is 24.1 Å². The fraction of sp³-hybridized carbons (Fsp3) is 0.462. The second kappa shape index (κ2) is 8.39. The molecule has 0 saturated carbocycles. The molecule has 1 rings (SSSR count). The summed E-state index contributed by atoms with van der Waals surface area (Å²) in [5, 5.41) is 3.37. The van der Waals surface area contributed by atoms with Crippen LogP contribution in [0.1, 0.15) is 25.3 Å². The van der Waals surface area contributed by atoms with Gasteiger partial charge in [-0.15, -0.1) is 0 Å². The molecule has 1 amide bonds. The van der Waals surface area contributed by atoms with E-state index in [0.29, 0.717) is 11.9 Å². The van der Waals surface area contributed by atoms with Crippen molar-refractivity contribution in [3.8, 4) is 0 Å². The number of carbonyl (C=O) groups excluding carboxylic acids is 1. The summed E-state index contributed by atoms with van der Waals surface area (Å²) in [5.41, 5.74) is 1.00. The number of hydrogen-bond acceptors (Lipinski definition) is 3. The third-order valence-electron chi connectivity index (χ3n) is 2.60. The molecule has 20 heavy (non-hydrogen) atoms. The summed E-state index contributed by atoms with van der Waals surface area (Å²) in [6, 6.07) is 6.60. The number of rotatable bonds is 8. The van der Waals surface area contributed by atoms with Crippen molar-refractivity contribution in [1.82, 2.24) is 10.0 Å². The molecule has 7 heteroatoms. The Bertz CT molecular complexity index is 529. The largest absolute Gasteiger partial charge is 0.356 e. The number of carbonyl (C=O) groups is 1. The molecule has 0 aliphatic rings. The molecule has 5 nitrogen and oxygen atoms in total. The summed E-state index contributed by atoms with van der Waals surface area (Å²) in [6.45, 7) is 2.66. The number of nitrogens with one attached hydrogen (secondary N) is 2. The van der Waals surface area contributed by atoms with Crippen LogP contribution in [-0.4, -0.2) is 27.4 Å². The lowest BCUT2D eigenvalue weighted by atomic mass is 10.2. The number of sulfonamides is 1. The summed E-state index contributed by atoms with van der Waals surface area (Å²) in [4.78, 5) is 11.6. The van der Waals surface area contributed by atoms with Gasteiger partial charge in [0.1, 0.15) is 0 Å². The van der Waals surface area contributed by atoms with Gasteiger partial charge < -0.3 is 5.32 Å². The molecule has 1 aromatic rings. The maximum absolute atomic E-state index is 12.0. The first-order valence-corrected chi connectivity index (χ1v) is 9.01. The van der Waals surface area contributed by atoms with Crippen LogP contribution in [-0.2, 0) is 20.1 Å². The van der Waals surface area contributed by atoms with E-state index in [1.807, 2.05) is 6.92 Å². The zero-order valence-corrected chi connectivity index (χ0v) is 13.8. The molecule has 0 saturated heterocycles. The molecular formula is C13H19BrN2O3S. The van der Waals surface area contributed by atoms with Crippen molar-refractivity contribution in [2.45, 2.75) is 30.0 Å². The van der Waals surface area contributed by atoms with E-state index in [0.717, 1.165) is 12.0 Å². The molecule has 0 atom stereocenters. The Morgan fingerprint density at radius 1 is 1.20 bits per heavy atom. The number of alkyl halides is 1. The molecule has 0 aliphatic carbocycles. The second-order valence-electron chi connectivity index (χ2n) is 4.28. The van der Waals surface area contributed by atoms with Gasteiger partial charge in [0.2, 0.25) is 15.9 Å². The average Bonchev–Trinajstić information content (AvgIpc) is 2.45. The summed E-state index contributed by atoms with van der Waals surface area (Å²) < 4.78 is 26.4. The van der Waals surface area contributed by atoms with Crippen LogP contribution in [0, 0.1) is 0 Å². The first kappa shape index (κ1) is 17.1. The number of benzene rings is 1. The number of amides is 1. The predicted molar refractivity (Wildman–Crippen MR) is 82.2 cm³/mol. The van der Waals surface area contributed by atoms with Gasteiger partial charge in [-0.1, -0.05) is 35.0 Å². The van der Waals surface area contributed by atoms with Crippen LogP contribution in [0.25, 0.3) is 0 Å². The fourth-order valence-corrected chi connectivity index (χ4v) is 2.90. The maximum Gasteiger partial charge on any atom is 0.240 e. The summed E-state index contributed by atoms with van der Waals surface area (Å²) in [7, 11) is -3.55. The van der Waals surface area contributed by atoms with Gasteiger partial charge in [-0.2, -0.15) is 0 Å². The van der Waals surface area contributed by atoms with E-state index < -0.39 is 10.0 Å². The quantitative estimate of drug-likeness (QED) is 0.692. The Morgan fingerprint density at radius 2 is 1.85 bits per heavy atom. The van der Waals surface area contributed by atoms with Crippen molar-refractivity contribution < 1.29 is 13.2 Å². The zero-order chi connectivity index (χ0) is 15.0. The van der Waals surface area contributed by atoms with Crippen molar-refractivity contribution in [3.05, 3.63) is 29.8 Å². The van der Waals surface area contributed by atoms with Crippen molar-refractivity contribution in [1.29, 1.82) is 0 Å². The van der Waals surface area contributed by atoms with Gasteiger partial charge >= 0.3 is 0 Å². The Morgan fingerprint density at radius 3 is 2.40 bits per heavy atom. The average molecular weight is 363 g/mol. The minimum atomic E-state index is -3.55. The molecule has 0 aromatic heterocycles. The number of halogens is 1. The van der Waals surface area contributed by atoms with Gasteiger partial charge in [0, 0.05) is 24.8 Å². The van der Waals surface area contributed by atoms with Crippen molar-refractivity contribution in [2.75, 3.05) is 13.1 Å². The molecule has 0 spiro atoms. The highest BCUT2D eigenvalue weighted by Gasteiger charge is 2.13. The Labute approximate surface area is 128 Å². The van der Waals surface area contributed by atoms with Crippen molar-refractivity contribution in [2.24, 2.45) is 0 Å². The summed E-state index contributed by atoms with van der Waals surface area (Å²) in [5.74, 6) is -0.149. The third-order valence-corrected chi connectivity index (χ3v) is 4.73. The zero-order valence-electron chi connectivity index (χ0n) is 11.4. The van der Waals surface area contributed by atoms with Crippen molar-refractivity contribution in [3.63, 3.8) is 0 Å². The molecule has 112 valence electrons. The Balaban J connectivity index is 2.50. The molecule has 0 aliphatic heterocycles. The van der Waals surface area contributed by atoms with E-state index in [-0.39, 0.29) is 23.8 Å². The second-order valence-corrected chi connectivity index (χ2v) is 6.60. The van der Waals surface area contributed by atoms with E-state index in [1.54, 1.807) is 24.3 Å². The van der Waals surface area contributed by atoms with Crippen LogP contribution in [0.5, 0.6) is 0 Å². The highest BCUT2D eigenvalue weighted by Crippen LogP contribution is 2.12. The van der Waals surface area contributed by atoms with Gasteiger partial charge in [0.15, 0.2) is 0 Å². The lowest BCUT2D eigenvalue weighted by Crippen LogP contribution is -2.31. The Kier molecular flexibility index (Phi) is 7.18. The van der Waals surface area contributed by atoms with E-state index in [2.05, 4.69) is 26.0 Å². The SMILES string of the molecule is CCCNC(=O)CCNS(=O)(=O)c1ccc(CBr)cc1. The van der Waals surface area contributed by atoms with E-state index in [1.165, 1.54) is 0 Å². The Hall–Kier alpha value is -0.920. The topological polar surface area (TPSA) is 75.3 Å². The minimum Gasteiger partial charge on any atom is -0.356 e. The number of hydrogen-bond donors (Lipinski definition) is 2. The molecule has 0 fully saturated rings. The first-order chi connectivity index (χ1) is 9.49. The molecule has 0 heterocycles. The normalized spacial score (nSPS) is 11.3. The minimum absolute atomic E-state index is 0.0953. The molecule has 0 unspecified atom stereocenters. The molecule has 1 aromatic carbocycles.